The number of carbonyl (C=O) groups is 1. The summed E-state index contributed by atoms with van der Waals surface area (Å²) < 4.78 is 11.0. The minimum atomic E-state index is 0.0709. The number of ether oxygens (including phenoxy) is 1. The number of fused-ring (bicyclic) bond motifs is 1. The average molecular weight is 478 g/mol. The Kier molecular flexibility index (Phi) is 6.34. The molecule has 6 nitrogen and oxygen atoms in total. The van der Waals surface area contributed by atoms with Crippen molar-refractivity contribution in [1.82, 2.24) is 15.4 Å². The molecular formula is C29H39N3O3. The molecule has 2 aromatic rings. The molecule has 1 amide bonds. The Bertz CT molecular complexity index is 1050. The molecule has 1 saturated heterocycles. The van der Waals surface area contributed by atoms with Gasteiger partial charge in [-0.2, -0.15) is 0 Å². The lowest BCUT2D eigenvalue weighted by Gasteiger charge is -2.35. The monoisotopic (exact) mass is 477 g/mol. The largest absolute Gasteiger partial charge is 0.493 e. The average Bonchev–Trinajstić information content (AvgIpc) is 3.19. The van der Waals surface area contributed by atoms with Gasteiger partial charge in [0, 0.05) is 24.1 Å². The van der Waals surface area contributed by atoms with Gasteiger partial charge in [-0.1, -0.05) is 17.3 Å². The number of hydrogen-bond acceptors (Lipinski definition) is 5. The second-order valence-electron chi connectivity index (χ2n) is 11.6. The zero-order chi connectivity index (χ0) is 23.8. The number of hydrogen-bond donors (Lipinski definition) is 1. The van der Waals surface area contributed by atoms with Crippen LogP contribution in [0.5, 0.6) is 5.75 Å². The number of nitrogens with one attached hydrogen (secondary N) is 1. The number of rotatable bonds is 7. The van der Waals surface area contributed by atoms with Gasteiger partial charge in [0.1, 0.15) is 11.5 Å². The minimum absolute atomic E-state index is 0.0709. The Morgan fingerprint density at radius 1 is 1.20 bits per heavy atom. The van der Waals surface area contributed by atoms with Crippen molar-refractivity contribution in [2.75, 3.05) is 26.2 Å². The lowest BCUT2D eigenvalue weighted by atomic mass is 9.77. The van der Waals surface area contributed by atoms with Gasteiger partial charge in [0.05, 0.1) is 18.7 Å². The molecule has 0 unspecified atom stereocenters. The summed E-state index contributed by atoms with van der Waals surface area (Å²) in [4.78, 5) is 15.1. The highest BCUT2D eigenvalue weighted by atomic mass is 16.5. The Balaban J connectivity index is 0.903. The molecule has 4 aliphatic rings. The van der Waals surface area contributed by atoms with E-state index in [4.69, 9.17) is 9.26 Å². The van der Waals surface area contributed by atoms with Crippen molar-refractivity contribution in [3.8, 4) is 5.75 Å². The fourth-order valence-electron chi connectivity index (χ4n) is 7.01. The van der Waals surface area contributed by atoms with Gasteiger partial charge in [-0.25, -0.2) is 0 Å². The van der Waals surface area contributed by atoms with E-state index in [-0.39, 0.29) is 5.91 Å². The molecule has 1 aromatic heterocycles. The third kappa shape index (κ3) is 5.00. The number of carbonyl (C=O) groups excluding carboxylic acids is 1. The van der Waals surface area contributed by atoms with Crippen molar-refractivity contribution in [1.29, 1.82) is 0 Å². The third-order valence-electron chi connectivity index (χ3n) is 9.30. The molecule has 3 heterocycles. The molecule has 0 radical (unpaired) electrons. The summed E-state index contributed by atoms with van der Waals surface area (Å²) in [5, 5.41) is 7.14. The van der Waals surface area contributed by atoms with Gasteiger partial charge in [-0.15, -0.1) is 0 Å². The molecule has 1 atom stereocenters. The van der Waals surface area contributed by atoms with E-state index in [1.807, 2.05) is 13.0 Å². The lowest BCUT2D eigenvalue weighted by Crippen LogP contribution is -2.35. The van der Waals surface area contributed by atoms with Crippen LogP contribution in [0.1, 0.15) is 79.9 Å². The van der Waals surface area contributed by atoms with Crippen molar-refractivity contribution in [3.63, 3.8) is 0 Å². The SMILES string of the molecule is Cc1cc(CC(=O)N[C@H]2CC23CCC(CCN2CCC(c4cccc5c4CCO5)CC2)CC3)on1. The Hall–Kier alpha value is -2.34. The minimum Gasteiger partial charge on any atom is -0.493 e. The van der Waals surface area contributed by atoms with Crippen LogP contribution in [-0.4, -0.2) is 48.2 Å². The van der Waals surface area contributed by atoms with Crippen LogP contribution in [0.4, 0.5) is 0 Å². The van der Waals surface area contributed by atoms with E-state index in [0.29, 0.717) is 29.6 Å². The van der Waals surface area contributed by atoms with Gasteiger partial charge in [-0.3, -0.25) is 4.79 Å². The van der Waals surface area contributed by atoms with Gasteiger partial charge in [0.15, 0.2) is 0 Å². The molecule has 3 fully saturated rings. The van der Waals surface area contributed by atoms with E-state index in [2.05, 4.69) is 33.6 Å². The second kappa shape index (κ2) is 9.61. The highest BCUT2D eigenvalue weighted by Gasteiger charge is 2.55. The number of aryl methyl sites for hydroxylation is 1. The number of likely N-dealkylation sites (tertiary alicyclic amines) is 1. The smallest absolute Gasteiger partial charge is 0.227 e. The normalized spacial score (nSPS) is 28.6. The molecular weight excluding hydrogens is 438 g/mol. The van der Waals surface area contributed by atoms with Crippen molar-refractivity contribution < 1.29 is 14.1 Å². The first-order valence-electron chi connectivity index (χ1n) is 13.8. The Labute approximate surface area is 208 Å². The lowest BCUT2D eigenvalue weighted by molar-refractivity contribution is -0.121. The van der Waals surface area contributed by atoms with E-state index in [1.54, 1.807) is 5.56 Å². The van der Waals surface area contributed by atoms with Gasteiger partial charge >= 0.3 is 0 Å². The van der Waals surface area contributed by atoms with Crippen molar-refractivity contribution in [2.45, 2.75) is 83.1 Å². The Morgan fingerprint density at radius 3 is 2.80 bits per heavy atom. The molecule has 1 spiro atoms. The summed E-state index contributed by atoms with van der Waals surface area (Å²) in [7, 11) is 0. The summed E-state index contributed by atoms with van der Waals surface area (Å²) in [5.41, 5.74) is 4.23. The molecule has 1 aromatic carbocycles. The maximum atomic E-state index is 12.4. The first-order valence-corrected chi connectivity index (χ1v) is 13.8. The quantitative estimate of drug-likeness (QED) is 0.621. The molecule has 6 heteroatoms. The molecule has 188 valence electrons. The molecule has 2 aliphatic heterocycles. The Morgan fingerprint density at radius 2 is 2.03 bits per heavy atom. The summed E-state index contributed by atoms with van der Waals surface area (Å²) in [5.74, 6) is 3.41. The van der Waals surface area contributed by atoms with Gasteiger partial charge in [0.2, 0.25) is 5.91 Å². The van der Waals surface area contributed by atoms with Crippen LogP contribution in [0.25, 0.3) is 0 Å². The number of nitrogens with zero attached hydrogens (tertiary/aromatic N) is 2. The van der Waals surface area contributed by atoms with Crippen LogP contribution in [0, 0.1) is 18.3 Å². The number of benzene rings is 1. The summed E-state index contributed by atoms with van der Waals surface area (Å²) in [6, 6.07) is 8.86. The van der Waals surface area contributed by atoms with E-state index in [1.165, 1.54) is 70.1 Å². The molecule has 6 rings (SSSR count). The summed E-state index contributed by atoms with van der Waals surface area (Å²) in [6.45, 7) is 6.43. The first-order chi connectivity index (χ1) is 17.1. The molecule has 2 aliphatic carbocycles. The van der Waals surface area contributed by atoms with Crippen LogP contribution in [0.3, 0.4) is 0 Å². The summed E-state index contributed by atoms with van der Waals surface area (Å²) in [6.07, 6.45) is 11.6. The van der Waals surface area contributed by atoms with E-state index >= 15 is 0 Å². The highest BCUT2D eigenvalue weighted by molar-refractivity contribution is 5.78. The summed E-state index contributed by atoms with van der Waals surface area (Å²) >= 11 is 0. The zero-order valence-electron chi connectivity index (χ0n) is 21.1. The molecule has 1 N–H and O–H groups in total. The number of piperidine rings is 1. The maximum Gasteiger partial charge on any atom is 0.227 e. The van der Waals surface area contributed by atoms with Crippen LogP contribution in [0.15, 0.2) is 28.8 Å². The number of amides is 1. The molecule has 35 heavy (non-hydrogen) atoms. The van der Waals surface area contributed by atoms with Gasteiger partial charge in [0.25, 0.3) is 0 Å². The second-order valence-corrected chi connectivity index (χ2v) is 11.6. The standard InChI is InChI=1S/C29H39N3O3/c1-20-17-23(35-31-20)18-28(33)30-27-19-29(27)11-5-21(6-12-29)7-13-32-14-8-22(9-15-32)24-3-2-4-26-25(24)10-16-34-26/h2-4,17,21-22,27H,5-16,18-19H2,1H3,(H,30,33)/t21?,27-,29?/m0/s1. The first kappa shape index (κ1) is 23.1. The fourth-order valence-corrected chi connectivity index (χ4v) is 7.01. The van der Waals surface area contributed by atoms with Crippen LogP contribution in [0.2, 0.25) is 0 Å². The van der Waals surface area contributed by atoms with Crippen molar-refractivity contribution >= 4 is 5.91 Å². The van der Waals surface area contributed by atoms with Crippen LogP contribution in [-0.2, 0) is 17.6 Å². The van der Waals surface area contributed by atoms with Gasteiger partial charge < -0.3 is 19.5 Å². The predicted molar refractivity (Wildman–Crippen MR) is 135 cm³/mol. The highest BCUT2D eigenvalue weighted by Crippen LogP contribution is 2.57. The van der Waals surface area contributed by atoms with E-state index in [0.717, 1.165) is 36.8 Å². The maximum absolute atomic E-state index is 12.4. The zero-order valence-corrected chi connectivity index (χ0v) is 21.1. The van der Waals surface area contributed by atoms with Gasteiger partial charge in [-0.05, 0) is 107 Å². The van der Waals surface area contributed by atoms with E-state index in [9.17, 15) is 4.79 Å². The van der Waals surface area contributed by atoms with Crippen molar-refractivity contribution in [3.05, 3.63) is 46.8 Å². The van der Waals surface area contributed by atoms with Crippen LogP contribution >= 0.6 is 0 Å². The number of aromatic nitrogens is 1. The molecule has 0 bridgehead atoms. The van der Waals surface area contributed by atoms with Crippen molar-refractivity contribution in [2.24, 2.45) is 11.3 Å². The predicted octanol–water partition coefficient (Wildman–Crippen LogP) is 4.80. The van der Waals surface area contributed by atoms with Crippen LogP contribution < -0.4 is 10.1 Å². The third-order valence-corrected chi connectivity index (χ3v) is 9.30. The molecule has 2 saturated carbocycles. The topological polar surface area (TPSA) is 67.6 Å². The fraction of sp³-hybridized carbons (Fsp3) is 0.655. The van der Waals surface area contributed by atoms with E-state index < -0.39 is 0 Å².